The minimum atomic E-state index is -0.389. The van der Waals surface area contributed by atoms with Crippen LogP contribution in [0.3, 0.4) is 0 Å². The van der Waals surface area contributed by atoms with Crippen LogP contribution < -0.4 is 14.8 Å². The van der Waals surface area contributed by atoms with Crippen molar-refractivity contribution < 1.29 is 23.5 Å². The Morgan fingerprint density at radius 3 is 2.50 bits per heavy atom. The molecule has 0 unspecified atom stereocenters. The third-order valence-electron chi connectivity index (χ3n) is 4.17. The Morgan fingerprint density at radius 1 is 1.03 bits per heavy atom. The molecule has 154 valence electrons. The van der Waals surface area contributed by atoms with Gasteiger partial charge in [-0.05, 0) is 42.0 Å². The van der Waals surface area contributed by atoms with Crippen LogP contribution in [-0.2, 0) is 11.3 Å². The fourth-order valence-electron chi connectivity index (χ4n) is 2.57. The lowest BCUT2D eigenvalue weighted by Gasteiger charge is -2.09. The van der Waals surface area contributed by atoms with Gasteiger partial charge in [-0.3, -0.25) is 9.59 Å². The van der Waals surface area contributed by atoms with E-state index < -0.39 is 0 Å². The first-order chi connectivity index (χ1) is 14.5. The molecule has 3 rings (SSSR count). The van der Waals surface area contributed by atoms with Crippen molar-refractivity contribution in [3.8, 4) is 17.4 Å². The number of amides is 1. The average Bonchev–Trinajstić information content (AvgIpc) is 2.77. The zero-order valence-corrected chi connectivity index (χ0v) is 16.4. The van der Waals surface area contributed by atoms with E-state index >= 15 is 0 Å². The minimum Gasteiger partial charge on any atom is -0.484 e. The Morgan fingerprint density at radius 2 is 1.83 bits per heavy atom. The van der Waals surface area contributed by atoms with Crippen LogP contribution in [0.4, 0.5) is 4.39 Å². The molecule has 6 nitrogen and oxygen atoms in total. The molecule has 0 bridgehead atoms. The van der Waals surface area contributed by atoms with Crippen LogP contribution in [-0.4, -0.2) is 23.3 Å². The van der Waals surface area contributed by atoms with Gasteiger partial charge in [0.25, 0.3) is 5.91 Å². The number of ketones is 1. The lowest BCUT2D eigenvalue weighted by molar-refractivity contribution is -0.123. The minimum absolute atomic E-state index is 0.0558. The summed E-state index contributed by atoms with van der Waals surface area (Å²) in [6, 6.07) is 15.9. The first-order valence-electron chi connectivity index (χ1n) is 9.44. The normalized spacial score (nSPS) is 10.3. The van der Waals surface area contributed by atoms with E-state index in [9.17, 15) is 14.0 Å². The van der Waals surface area contributed by atoms with Gasteiger partial charge in [-0.15, -0.1) is 0 Å². The van der Waals surface area contributed by atoms with Crippen molar-refractivity contribution in [1.29, 1.82) is 0 Å². The number of hydrogen-bond donors (Lipinski definition) is 1. The van der Waals surface area contributed by atoms with Crippen LogP contribution >= 0.6 is 0 Å². The third kappa shape index (κ3) is 6.13. The second-order valence-corrected chi connectivity index (χ2v) is 6.43. The number of pyridine rings is 1. The van der Waals surface area contributed by atoms with Gasteiger partial charge < -0.3 is 14.8 Å². The molecule has 0 atom stereocenters. The van der Waals surface area contributed by atoms with Gasteiger partial charge in [0.2, 0.25) is 5.88 Å². The Hall–Kier alpha value is -3.74. The topological polar surface area (TPSA) is 77.5 Å². The number of carbonyl (C=O) groups is 2. The molecule has 0 aliphatic carbocycles. The number of carbonyl (C=O) groups excluding carboxylic acids is 2. The van der Waals surface area contributed by atoms with Crippen molar-refractivity contribution in [1.82, 2.24) is 10.3 Å². The number of halogens is 1. The van der Waals surface area contributed by atoms with Crippen molar-refractivity contribution in [3.05, 3.63) is 83.8 Å². The molecule has 0 radical (unpaired) electrons. The van der Waals surface area contributed by atoms with Crippen molar-refractivity contribution in [2.24, 2.45) is 0 Å². The van der Waals surface area contributed by atoms with E-state index in [2.05, 4.69) is 10.3 Å². The molecule has 0 spiro atoms. The second-order valence-electron chi connectivity index (χ2n) is 6.43. The number of nitrogens with zero attached hydrogens (tertiary/aromatic N) is 1. The van der Waals surface area contributed by atoms with E-state index in [0.29, 0.717) is 29.4 Å². The molecule has 1 aromatic heterocycles. The fraction of sp³-hybridized carbons (Fsp3) is 0.174. The molecule has 0 saturated carbocycles. The zero-order valence-electron chi connectivity index (χ0n) is 16.4. The van der Waals surface area contributed by atoms with E-state index in [1.807, 2.05) is 0 Å². The summed E-state index contributed by atoms with van der Waals surface area (Å²) in [5.41, 5.74) is 1.39. The van der Waals surface area contributed by atoms with E-state index in [4.69, 9.17) is 9.47 Å². The maximum atomic E-state index is 13.2. The molecule has 2 aromatic carbocycles. The van der Waals surface area contributed by atoms with Gasteiger partial charge in [-0.1, -0.05) is 19.1 Å². The largest absolute Gasteiger partial charge is 0.484 e. The SMILES string of the molecule is CCC(=O)c1ccc(OCC(=O)NCc2ccc(Oc3cccc(F)c3)nc2)cc1. The number of nitrogens with one attached hydrogen (secondary N) is 1. The Balaban J connectivity index is 1.43. The van der Waals surface area contributed by atoms with Crippen molar-refractivity contribution >= 4 is 11.7 Å². The number of aromatic nitrogens is 1. The summed E-state index contributed by atoms with van der Waals surface area (Å²) in [5.74, 6) is 0.568. The fourth-order valence-corrected chi connectivity index (χ4v) is 2.57. The molecular formula is C23H21FN2O4. The third-order valence-corrected chi connectivity index (χ3v) is 4.17. The number of rotatable bonds is 9. The summed E-state index contributed by atoms with van der Waals surface area (Å²) in [5, 5.41) is 2.74. The Bertz CT molecular complexity index is 1000. The lowest BCUT2D eigenvalue weighted by Crippen LogP contribution is -2.28. The van der Waals surface area contributed by atoms with Crippen LogP contribution in [0.15, 0.2) is 66.9 Å². The predicted molar refractivity (Wildman–Crippen MR) is 109 cm³/mol. The molecule has 0 aliphatic heterocycles. The van der Waals surface area contributed by atoms with Crippen LogP contribution in [0, 0.1) is 5.82 Å². The monoisotopic (exact) mass is 408 g/mol. The molecule has 3 aromatic rings. The first-order valence-corrected chi connectivity index (χ1v) is 9.44. The summed E-state index contributed by atoms with van der Waals surface area (Å²) in [6.07, 6.45) is 2.01. The summed E-state index contributed by atoms with van der Waals surface area (Å²) in [4.78, 5) is 27.7. The summed E-state index contributed by atoms with van der Waals surface area (Å²) >= 11 is 0. The van der Waals surface area contributed by atoms with E-state index in [0.717, 1.165) is 5.56 Å². The molecule has 1 N–H and O–H groups in total. The van der Waals surface area contributed by atoms with Crippen molar-refractivity contribution in [2.45, 2.75) is 19.9 Å². The summed E-state index contributed by atoms with van der Waals surface area (Å²) in [6.45, 7) is 1.94. The highest BCUT2D eigenvalue weighted by atomic mass is 19.1. The molecule has 7 heteroatoms. The number of hydrogen-bond acceptors (Lipinski definition) is 5. The summed E-state index contributed by atoms with van der Waals surface area (Å²) < 4.78 is 24.1. The van der Waals surface area contributed by atoms with Gasteiger partial charge in [0, 0.05) is 36.9 Å². The molecule has 1 amide bonds. The molecule has 0 saturated heterocycles. The van der Waals surface area contributed by atoms with E-state index in [-0.39, 0.29) is 30.7 Å². The molecular weight excluding hydrogens is 387 g/mol. The van der Waals surface area contributed by atoms with Crippen LogP contribution in [0.5, 0.6) is 17.4 Å². The van der Waals surface area contributed by atoms with E-state index in [1.54, 1.807) is 61.7 Å². The van der Waals surface area contributed by atoms with Gasteiger partial charge in [0.1, 0.15) is 17.3 Å². The van der Waals surface area contributed by atoms with Crippen molar-refractivity contribution in [3.63, 3.8) is 0 Å². The standard InChI is InChI=1S/C23H21FN2O4/c1-2-21(27)17-7-9-19(10-8-17)29-15-22(28)25-13-16-6-11-23(26-14-16)30-20-5-3-4-18(24)12-20/h3-12,14H,2,13,15H2,1H3,(H,25,28). The average molecular weight is 408 g/mol. The molecule has 1 heterocycles. The van der Waals surface area contributed by atoms with Gasteiger partial charge in [-0.25, -0.2) is 9.37 Å². The van der Waals surface area contributed by atoms with Crippen LogP contribution in [0.1, 0.15) is 29.3 Å². The number of Topliss-reactive ketones (excluding diaryl/α,β-unsaturated/α-hetero) is 1. The Kier molecular flexibility index (Phi) is 7.10. The lowest BCUT2D eigenvalue weighted by atomic mass is 10.1. The van der Waals surface area contributed by atoms with Gasteiger partial charge in [0.05, 0.1) is 0 Å². The van der Waals surface area contributed by atoms with Gasteiger partial charge in [0.15, 0.2) is 12.4 Å². The van der Waals surface area contributed by atoms with Crippen molar-refractivity contribution in [2.75, 3.05) is 6.61 Å². The first kappa shape index (κ1) is 21.0. The molecule has 0 fully saturated rings. The van der Waals surface area contributed by atoms with Gasteiger partial charge >= 0.3 is 0 Å². The highest BCUT2D eigenvalue weighted by molar-refractivity contribution is 5.95. The van der Waals surface area contributed by atoms with Gasteiger partial charge in [-0.2, -0.15) is 0 Å². The smallest absolute Gasteiger partial charge is 0.258 e. The zero-order chi connectivity index (χ0) is 21.3. The number of ether oxygens (including phenoxy) is 2. The van der Waals surface area contributed by atoms with Crippen LogP contribution in [0.2, 0.25) is 0 Å². The quantitative estimate of drug-likeness (QED) is 0.534. The Labute approximate surface area is 173 Å². The summed E-state index contributed by atoms with van der Waals surface area (Å²) in [7, 11) is 0. The highest BCUT2D eigenvalue weighted by Crippen LogP contribution is 2.20. The van der Waals surface area contributed by atoms with Crippen LogP contribution in [0.25, 0.3) is 0 Å². The second kappa shape index (κ2) is 10.2. The molecule has 0 aliphatic rings. The highest BCUT2D eigenvalue weighted by Gasteiger charge is 2.06. The predicted octanol–water partition coefficient (Wildman–Crippen LogP) is 4.30. The van der Waals surface area contributed by atoms with E-state index in [1.165, 1.54) is 12.1 Å². The molecule has 30 heavy (non-hydrogen) atoms. The maximum Gasteiger partial charge on any atom is 0.258 e. The number of benzene rings is 2. The maximum absolute atomic E-state index is 13.2.